The fraction of sp³-hybridized carbons (Fsp3) is 0.529. The van der Waals surface area contributed by atoms with Crippen LogP contribution in [0.15, 0.2) is 28.7 Å². The van der Waals surface area contributed by atoms with Crippen molar-refractivity contribution in [2.24, 2.45) is 5.41 Å². The summed E-state index contributed by atoms with van der Waals surface area (Å²) in [5.74, 6) is 1.83. The van der Waals surface area contributed by atoms with E-state index in [0.29, 0.717) is 11.3 Å². The van der Waals surface area contributed by atoms with Crippen molar-refractivity contribution in [3.8, 4) is 0 Å². The maximum atomic E-state index is 6.06. The fourth-order valence-corrected chi connectivity index (χ4v) is 3.04. The fourth-order valence-electron chi connectivity index (χ4n) is 3.04. The van der Waals surface area contributed by atoms with Crippen molar-refractivity contribution in [1.29, 1.82) is 0 Å². The molecule has 0 saturated heterocycles. The summed E-state index contributed by atoms with van der Waals surface area (Å²) in [5, 5.41) is 1.25. The summed E-state index contributed by atoms with van der Waals surface area (Å²) in [4.78, 5) is 0. The second-order valence-electron chi connectivity index (χ2n) is 6.63. The zero-order valence-electron chi connectivity index (χ0n) is 11.6. The highest BCUT2D eigenvalue weighted by Gasteiger charge is 2.29. The van der Waals surface area contributed by atoms with Crippen LogP contribution in [0.5, 0.6) is 0 Å². The molecule has 1 aromatic carbocycles. The molecule has 1 aromatic heterocycles. The zero-order valence-corrected chi connectivity index (χ0v) is 11.6. The van der Waals surface area contributed by atoms with Gasteiger partial charge in [0, 0.05) is 11.3 Å². The lowest BCUT2D eigenvalue weighted by Gasteiger charge is -2.33. The smallest absolute Gasteiger partial charge is 0.134 e. The van der Waals surface area contributed by atoms with E-state index in [9.17, 15) is 0 Å². The Morgan fingerprint density at radius 2 is 1.83 bits per heavy atom. The van der Waals surface area contributed by atoms with Gasteiger partial charge >= 0.3 is 0 Å². The monoisotopic (exact) mass is 242 g/mol. The summed E-state index contributed by atoms with van der Waals surface area (Å²) in [6, 6.07) is 8.72. The van der Waals surface area contributed by atoms with Gasteiger partial charge in [0.2, 0.25) is 0 Å². The number of aryl methyl sites for hydroxylation is 1. The second-order valence-corrected chi connectivity index (χ2v) is 6.63. The molecular formula is C17H22O. The van der Waals surface area contributed by atoms with E-state index in [1.807, 2.05) is 0 Å². The first-order valence-electron chi connectivity index (χ1n) is 7.04. The van der Waals surface area contributed by atoms with Gasteiger partial charge in [-0.2, -0.15) is 0 Å². The van der Waals surface area contributed by atoms with Gasteiger partial charge in [0.1, 0.15) is 11.3 Å². The maximum absolute atomic E-state index is 6.06. The van der Waals surface area contributed by atoms with E-state index in [2.05, 4.69) is 45.0 Å². The Kier molecular flexibility index (Phi) is 2.73. The summed E-state index contributed by atoms with van der Waals surface area (Å²) in [6.45, 7) is 6.88. The quantitative estimate of drug-likeness (QED) is 0.650. The molecule has 0 radical (unpaired) electrons. The standard InChI is InChI=1S/C17H22O/c1-12-4-5-14-11-16(18-15(14)10-12)13-6-8-17(2,3)9-7-13/h4-5,10-11,13H,6-9H2,1-3H3. The summed E-state index contributed by atoms with van der Waals surface area (Å²) >= 11 is 0. The number of hydrogen-bond acceptors (Lipinski definition) is 1. The molecule has 1 aliphatic rings. The number of furan rings is 1. The number of fused-ring (bicyclic) bond motifs is 1. The molecule has 1 fully saturated rings. The van der Waals surface area contributed by atoms with Gasteiger partial charge in [-0.1, -0.05) is 26.0 Å². The van der Waals surface area contributed by atoms with Crippen molar-refractivity contribution in [3.63, 3.8) is 0 Å². The van der Waals surface area contributed by atoms with Crippen LogP contribution in [0.2, 0.25) is 0 Å². The average Bonchev–Trinajstić information content (AvgIpc) is 2.71. The highest BCUT2D eigenvalue weighted by atomic mass is 16.3. The molecule has 1 aliphatic carbocycles. The summed E-state index contributed by atoms with van der Waals surface area (Å²) < 4.78 is 6.06. The molecule has 1 nitrogen and oxygen atoms in total. The van der Waals surface area contributed by atoms with Crippen molar-refractivity contribution < 1.29 is 4.42 Å². The molecule has 96 valence electrons. The minimum absolute atomic E-state index is 0.527. The molecule has 0 aliphatic heterocycles. The minimum atomic E-state index is 0.527. The lowest BCUT2D eigenvalue weighted by atomic mass is 9.72. The van der Waals surface area contributed by atoms with Crippen LogP contribution in [0.25, 0.3) is 11.0 Å². The second kappa shape index (κ2) is 4.15. The molecule has 0 amide bonds. The molecule has 3 rings (SSSR count). The number of benzene rings is 1. The van der Waals surface area contributed by atoms with E-state index in [1.54, 1.807) is 0 Å². The Bertz CT molecular complexity index is 552. The van der Waals surface area contributed by atoms with E-state index in [0.717, 1.165) is 5.58 Å². The third-order valence-corrected chi connectivity index (χ3v) is 4.44. The van der Waals surface area contributed by atoms with Crippen LogP contribution >= 0.6 is 0 Å². The Balaban J connectivity index is 1.87. The Hall–Kier alpha value is -1.24. The van der Waals surface area contributed by atoms with E-state index in [4.69, 9.17) is 4.42 Å². The van der Waals surface area contributed by atoms with Gasteiger partial charge in [-0.15, -0.1) is 0 Å². The normalized spacial score (nSPS) is 20.4. The summed E-state index contributed by atoms with van der Waals surface area (Å²) in [7, 11) is 0. The molecule has 2 aromatic rings. The van der Waals surface area contributed by atoms with E-state index in [-0.39, 0.29) is 0 Å². The molecule has 1 saturated carbocycles. The van der Waals surface area contributed by atoms with E-state index < -0.39 is 0 Å². The molecule has 0 N–H and O–H groups in total. The van der Waals surface area contributed by atoms with Crippen LogP contribution in [-0.4, -0.2) is 0 Å². The third kappa shape index (κ3) is 2.19. The van der Waals surface area contributed by atoms with Gasteiger partial charge < -0.3 is 4.42 Å². The molecular weight excluding hydrogens is 220 g/mol. The van der Waals surface area contributed by atoms with E-state index >= 15 is 0 Å². The van der Waals surface area contributed by atoms with Crippen LogP contribution in [0, 0.1) is 12.3 Å². The summed E-state index contributed by atoms with van der Waals surface area (Å²) in [5.41, 5.74) is 2.85. The molecule has 0 bridgehead atoms. The van der Waals surface area contributed by atoms with Crippen LogP contribution in [0.1, 0.15) is 56.8 Å². The first-order chi connectivity index (χ1) is 8.53. The van der Waals surface area contributed by atoms with Gasteiger partial charge in [-0.3, -0.25) is 0 Å². The van der Waals surface area contributed by atoms with Crippen molar-refractivity contribution in [2.45, 2.75) is 52.4 Å². The lowest BCUT2D eigenvalue weighted by Crippen LogP contribution is -2.19. The first-order valence-corrected chi connectivity index (χ1v) is 7.04. The first kappa shape index (κ1) is 11.8. The maximum Gasteiger partial charge on any atom is 0.134 e. The Morgan fingerprint density at radius 3 is 2.56 bits per heavy atom. The van der Waals surface area contributed by atoms with Gasteiger partial charge in [0.05, 0.1) is 0 Å². The van der Waals surface area contributed by atoms with Crippen molar-refractivity contribution >= 4 is 11.0 Å². The van der Waals surface area contributed by atoms with Gasteiger partial charge in [0.15, 0.2) is 0 Å². The minimum Gasteiger partial charge on any atom is -0.461 e. The van der Waals surface area contributed by atoms with Crippen LogP contribution in [-0.2, 0) is 0 Å². The molecule has 0 spiro atoms. The largest absolute Gasteiger partial charge is 0.461 e. The Labute approximate surface area is 109 Å². The van der Waals surface area contributed by atoms with Crippen LogP contribution in [0.3, 0.4) is 0 Å². The topological polar surface area (TPSA) is 13.1 Å². The SMILES string of the molecule is Cc1ccc2cc(C3CCC(C)(C)CC3)oc2c1. The average molecular weight is 242 g/mol. The molecule has 0 unspecified atom stereocenters. The third-order valence-electron chi connectivity index (χ3n) is 4.44. The predicted octanol–water partition coefficient (Wildman–Crippen LogP) is 5.43. The van der Waals surface area contributed by atoms with Gasteiger partial charge in [-0.05, 0) is 55.7 Å². The van der Waals surface area contributed by atoms with Crippen molar-refractivity contribution in [2.75, 3.05) is 0 Å². The molecule has 18 heavy (non-hydrogen) atoms. The van der Waals surface area contributed by atoms with E-state index in [1.165, 1.54) is 42.4 Å². The zero-order chi connectivity index (χ0) is 12.8. The number of rotatable bonds is 1. The van der Waals surface area contributed by atoms with Crippen molar-refractivity contribution in [1.82, 2.24) is 0 Å². The van der Waals surface area contributed by atoms with Crippen LogP contribution < -0.4 is 0 Å². The van der Waals surface area contributed by atoms with Gasteiger partial charge in [-0.25, -0.2) is 0 Å². The molecule has 1 heterocycles. The Morgan fingerprint density at radius 1 is 1.11 bits per heavy atom. The number of hydrogen-bond donors (Lipinski definition) is 0. The predicted molar refractivity (Wildman–Crippen MR) is 75.9 cm³/mol. The van der Waals surface area contributed by atoms with Gasteiger partial charge in [0.25, 0.3) is 0 Å². The van der Waals surface area contributed by atoms with Crippen LogP contribution in [0.4, 0.5) is 0 Å². The highest BCUT2D eigenvalue weighted by molar-refractivity contribution is 5.78. The van der Waals surface area contributed by atoms with Crippen molar-refractivity contribution in [3.05, 3.63) is 35.6 Å². The summed E-state index contributed by atoms with van der Waals surface area (Å²) in [6.07, 6.45) is 5.17. The molecule has 0 atom stereocenters. The molecule has 1 heteroatoms. The highest BCUT2D eigenvalue weighted by Crippen LogP contribution is 2.43. The lowest BCUT2D eigenvalue weighted by molar-refractivity contribution is 0.213.